The minimum absolute atomic E-state index is 0.0224. The second kappa shape index (κ2) is 11.6. The maximum absolute atomic E-state index is 14.1. The lowest BCUT2D eigenvalue weighted by atomic mass is 10.1. The van der Waals surface area contributed by atoms with Gasteiger partial charge >= 0.3 is 0 Å². The molecule has 0 atom stereocenters. The number of aromatic nitrogens is 2. The van der Waals surface area contributed by atoms with Gasteiger partial charge in [0.2, 0.25) is 5.91 Å². The predicted octanol–water partition coefficient (Wildman–Crippen LogP) is 3.49. The lowest BCUT2D eigenvalue weighted by Gasteiger charge is -2.26. The number of benzene rings is 2. The molecule has 1 aromatic heterocycles. The van der Waals surface area contributed by atoms with Gasteiger partial charge in [-0.1, -0.05) is 12.1 Å². The van der Waals surface area contributed by atoms with E-state index in [-0.39, 0.29) is 18.0 Å². The highest BCUT2D eigenvalue weighted by molar-refractivity contribution is 5.96. The van der Waals surface area contributed by atoms with Crippen LogP contribution >= 0.6 is 0 Å². The molecule has 2 aromatic carbocycles. The van der Waals surface area contributed by atoms with Crippen LogP contribution in [0.5, 0.6) is 5.75 Å². The van der Waals surface area contributed by atoms with E-state index in [0.717, 1.165) is 35.8 Å². The maximum atomic E-state index is 14.1. The second-order valence-electron chi connectivity index (χ2n) is 8.53. The van der Waals surface area contributed by atoms with E-state index in [1.165, 1.54) is 23.1 Å². The summed E-state index contributed by atoms with van der Waals surface area (Å²) in [6.07, 6.45) is 0.765. The Hall–Kier alpha value is -4.01. The van der Waals surface area contributed by atoms with Gasteiger partial charge < -0.3 is 19.4 Å². The largest absolute Gasteiger partial charge is 0.497 e. The molecule has 1 fully saturated rings. The number of anilines is 1. The van der Waals surface area contributed by atoms with Crippen molar-refractivity contribution in [1.82, 2.24) is 20.0 Å². The van der Waals surface area contributed by atoms with Gasteiger partial charge in [0.25, 0.3) is 5.91 Å². The zero-order valence-corrected chi connectivity index (χ0v) is 20.6. The SMILES string of the molecule is CCN(CC(=O)N1CCCN(c2ccc(-c3ccc(OC)cc3)nn2)CC1)C(=O)c1ccccc1F. The Kier molecular flexibility index (Phi) is 8.10. The molecule has 4 rings (SSSR count). The molecule has 1 aliphatic heterocycles. The predicted molar refractivity (Wildman–Crippen MR) is 135 cm³/mol. The minimum atomic E-state index is -0.585. The van der Waals surface area contributed by atoms with Crippen molar-refractivity contribution in [3.05, 3.63) is 72.0 Å². The number of carbonyl (C=O) groups is 2. The van der Waals surface area contributed by atoms with Gasteiger partial charge in [0.05, 0.1) is 18.4 Å². The van der Waals surface area contributed by atoms with Gasteiger partial charge in [-0.2, -0.15) is 0 Å². The molecular weight excluding hydrogens is 461 g/mol. The van der Waals surface area contributed by atoms with E-state index in [4.69, 9.17) is 4.74 Å². The lowest BCUT2D eigenvalue weighted by Crippen LogP contribution is -2.44. The molecule has 0 N–H and O–H groups in total. The molecule has 2 amide bonds. The zero-order valence-electron chi connectivity index (χ0n) is 20.6. The fourth-order valence-electron chi connectivity index (χ4n) is 4.20. The van der Waals surface area contributed by atoms with Crippen molar-refractivity contribution in [2.75, 3.05) is 51.3 Å². The van der Waals surface area contributed by atoms with Gasteiger partial charge in [-0.25, -0.2) is 4.39 Å². The van der Waals surface area contributed by atoms with E-state index in [0.29, 0.717) is 26.2 Å². The number of halogens is 1. The summed E-state index contributed by atoms with van der Waals surface area (Å²) in [7, 11) is 1.63. The molecule has 1 aliphatic rings. The molecule has 2 heterocycles. The van der Waals surface area contributed by atoms with Gasteiger partial charge in [0.1, 0.15) is 18.1 Å². The number of methoxy groups -OCH3 is 1. The number of carbonyl (C=O) groups excluding carboxylic acids is 2. The van der Waals surface area contributed by atoms with Crippen LogP contribution < -0.4 is 9.64 Å². The lowest BCUT2D eigenvalue weighted by molar-refractivity contribution is -0.131. The highest BCUT2D eigenvalue weighted by Crippen LogP contribution is 2.22. The molecule has 0 spiro atoms. The van der Waals surface area contributed by atoms with E-state index >= 15 is 0 Å². The summed E-state index contributed by atoms with van der Waals surface area (Å²) >= 11 is 0. The Morgan fingerprint density at radius 3 is 2.42 bits per heavy atom. The molecule has 36 heavy (non-hydrogen) atoms. The van der Waals surface area contributed by atoms with Gasteiger partial charge in [-0.3, -0.25) is 9.59 Å². The van der Waals surface area contributed by atoms with E-state index in [9.17, 15) is 14.0 Å². The topological polar surface area (TPSA) is 78.9 Å². The summed E-state index contributed by atoms with van der Waals surface area (Å²) in [6.45, 7) is 4.45. The van der Waals surface area contributed by atoms with Crippen LogP contribution in [0.2, 0.25) is 0 Å². The molecule has 9 heteroatoms. The molecule has 0 aliphatic carbocycles. The fourth-order valence-corrected chi connectivity index (χ4v) is 4.20. The first kappa shape index (κ1) is 25.1. The maximum Gasteiger partial charge on any atom is 0.257 e. The Bertz CT molecular complexity index is 1190. The molecule has 0 radical (unpaired) electrons. The number of rotatable bonds is 7. The Balaban J connectivity index is 1.36. The van der Waals surface area contributed by atoms with E-state index < -0.39 is 11.7 Å². The van der Waals surface area contributed by atoms with Crippen molar-refractivity contribution in [2.24, 2.45) is 0 Å². The van der Waals surface area contributed by atoms with Crippen molar-refractivity contribution < 1.29 is 18.7 Å². The number of amides is 2. The molecule has 1 saturated heterocycles. The smallest absolute Gasteiger partial charge is 0.257 e. The van der Waals surface area contributed by atoms with E-state index in [1.54, 1.807) is 25.0 Å². The summed E-state index contributed by atoms with van der Waals surface area (Å²) < 4.78 is 19.3. The summed E-state index contributed by atoms with van der Waals surface area (Å²) in [5.41, 5.74) is 1.70. The molecule has 0 bridgehead atoms. The van der Waals surface area contributed by atoms with E-state index in [1.807, 2.05) is 36.4 Å². The van der Waals surface area contributed by atoms with Crippen molar-refractivity contribution in [2.45, 2.75) is 13.3 Å². The van der Waals surface area contributed by atoms with E-state index in [2.05, 4.69) is 15.1 Å². The van der Waals surface area contributed by atoms with Gasteiger partial charge in [-0.15, -0.1) is 10.2 Å². The van der Waals surface area contributed by atoms with Crippen LogP contribution in [-0.4, -0.2) is 78.2 Å². The first-order valence-corrected chi connectivity index (χ1v) is 12.0. The first-order chi connectivity index (χ1) is 17.5. The highest BCUT2D eigenvalue weighted by Gasteiger charge is 2.25. The number of ether oxygens (including phenoxy) is 1. The van der Waals surface area contributed by atoms with Crippen LogP contribution in [-0.2, 0) is 4.79 Å². The average Bonchev–Trinajstić information content (AvgIpc) is 3.18. The molecule has 3 aromatic rings. The standard InChI is InChI=1S/C27H30FN5O3/c1-3-31(27(35)22-7-4-5-8-23(22)28)19-26(34)33-16-6-15-32(17-18-33)25-14-13-24(29-30-25)20-9-11-21(36-2)12-10-20/h4-5,7-14H,3,6,15-19H2,1-2H3. The van der Waals surface area contributed by atoms with Crippen LogP contribution in [0.15, 0.2) is 60.7 Å². The summed E-state index contributed by atoms with van der Waals surface area (Å²) in [4.78, 5) is 31.0. The van der Waals surface area contributed by atoms with Crippen LogP contribution in [0, 0.1) is 5.82 Å². The Labute approximate surface area is 210 Å². The van der Waals surface area contributed by atoms with Crippen molar-refractivity contribution in [3.63, 3.8) is 0 Å². The molecule has 0 unspecified atom stereocenters. The second-order valence-corrected chi connectivity index (χ2v) is 8.53. The third-order valence-electron chi connectivity index (χ3n) is 6.31. The molecule has 0 saturated carbocycles. The monoisotopic (exact) mass is 491 g/mol. The average molecular weight is 492 g/mol. The zero-order chi connectivity index (χ0) is 25.5. The van der Waals surface area contributed by atoms with Gasteiger partial charge in [0, 0.05) is 38.3 Å². The minimum Gasteiger partial charge on any atom is -0.497 e. The van der Waals surface area contributed by atoms with Gasteiger partial charge in [-0.05, 0) is 61.9 Å². The summed E-state index contributed by atoms with van der Waals surface area (Å²) in [5, 5.41) is 8.79. The third kappa shape index (κ3) is 5.79. The fraction of sp³-hybridized carbons (Fsp3) is 0.333. The number of hydrogen-bond donors (Lipinski definition) is 0. The Morgan fingerprint density at radius 2 is 1.75 bits per heavy atom. The quantitative estimate of drug-likeness (QED) is 0.504. The number of likely N-dealkylation sites (N-methyl/N-ethyl adjacent to an activating group) is 1. The molecule has 188 valence electrons. The van der Waals surface area contributed by atoms with Crippen LogP contribution in [0.25, 0.3) is 11.3 Å². The molecular formula is C27H30FN5O3. The third-order valence-corrected chi connectivity index (χ3v) is 6.31. The molecule has 8 nitrogen and oxygen atoms in total. The first-order valence-electron chi connectivity index (χ1n) is 12.0. The van der Waals surface area contributed by atoms with Crippen molar-refractivity contribution in [3.8, 4) is 17.0 Å². The van der Waals surface area contributed by atoms with Crippen LogP contribution in [0.4, 0.5) is 10.2 Å². The normalized spacial score (nSPS) is 13.8. The summed E-state index contributed by atoms with van der Waals surface area (Å²) in [6, 6.07) is 17.4. The highest BCUT2D eigenvalue weighted by atomic mass is 19.1. The van der Waals surface area contributed by atoms with Crippen LogP contribution in [0.1, 0.15) is 23.7 Å². The number of hydrogen-bond acceptors (Lipinski definition) is 6. The van der Waals surface area contributed by atoms with Gasteiger partial charge in [0.15, 0.2) is 5.82 Å². The van der Waals surface area contributed by atoms with Crippen molar-refractivity contribution >= 4 is 17.6 Å². The van der Waals surface area contributed by atoms with Crippen molar-refractivity contribution in [1.29, 1.82) is 0 Å². The Morgan fingerprint density at radius 1 is 0.972 bits per heavy atom. The van der Waals surface area contributed by atoms with Crippen LogP contribution in [0.3, 0.4) is 0 Å². The summed E-state index contributed by atoms with van der Waals surface area (Å²) in [5.74, 6) is 0.326. The number of nitrogens with zero attached hydrogens (tertiary/aromatic N) is 5.